The topological polar surface area (TPSA) is 49.2 Å². The van der Waals surface area contributed by atoms with E-state index in [2.05, 4.69) is 24.2 Å². The summed E-state index contributed by atoms with van der Waals surface area (Å²) in [5, 5.41) is 7.47. The molecule has 5 nitrogen and oxygen atoms in total. The first kappa shape index (κ1) is 20.0. The maximum Gasteiger partial charge on any atom is 1.00 e. The van der Waals surface area contributed by atoms with Crippen LogP contribution in [0, 0.1) is 13.8 Å². The molecule has 0 bridgehead atoms. The van der Waals surface area contributed by atoms with Crippen molar-refractivity contribution in [2.24, 2.45) is 0 Å². The molecule has 0 aliphatic rings. The van der Waals surface area contributed by atoms with Gasteiger partial charge in [-0.25, -0.2) is 0 Å². The number of nitrogens with zero attached hydrogens (tertiary/aromatic N) is 3. The fourth-order valence-corrected chi connectivity index (χ4v) is 0.832. The summed E-state index contributed by atoms with van der Waals surface area (Å²) in [6.07, 6.45) is 4.45. The van der Waals surface area contributed by atoms with Gasteiger partial charge in [0.15, 0.2) is 0 Å². The molecule has 6 heteroatoms. The van der Waals surface area contributed by atoms with Gasteiger partial charge >= 0.3 is 51.4 Å². The SMILES string of the molecule is [CH2-]CC.[CH2-]COCCOCCn1ccnn1.[K+]. The Bertz CT molecular complexity index is 221. The first-order valence-corrected chi connectivity index (χ1v) is 5.43. The molecule has 0 amide bonds. The third-order valence-corrected chi connectivity index (χ3v) is 1.45. The van der Waals surface area contributed by atoms with Crippen molar-refractivity contribution < 1.29 is 60.9 Å². The molecule has 0 radical (unpaired) electrons. The maximum absolute atomic E-state index is 5.27. The monoisotopic (exact) mass is 266 g/mol. The summed E-state index contributed by atoms with van der Waals surface area (Å²) in [5.74, 6) is 0. The van der Waals surface area contributed by atoms with Crippen LogP contribution in [0.5, 0.6) is 0 Å². The molecular formula is C11H21KN3O2-. The van der Waals surface area contributed by atoms with Gasteiger partial charge in [-0.3, -0.25) is 4.68 Å². The second-order valence-corrected chi connectivity index (χ2v) is 2.89. The Morgan fingerprint density at radius 3 is 2.35 bits per heavy atom. The summed E-state index contributed by atoms with van der Waals surface area (Å²) in [5.41, 5.74) is 0. The van der Waals surface area contributed by atoms with Crippen molar-refractivity contribution in [3.63, 3.8) is 0 Å². The average Bonchev–Trinajstić information content (AvgIpc) is 2.77. The van der Waals surface area contributed by atoms with E-state index in [1.165, 1.54) is 0 Å². The molecule has 0 fully saturated rings. The van der Waals surface area contributed by atoms with Gasteiger partial charge in [-0.1, -0.05) is 18.7 Å². The molecule has 0 aromatic carbocycles. The molecule has 0 spiro atoms. The molecule has 0 saturated heterocycles. The van der Waals surface area contributed by atoms with Crippen LogP contribution in [0.4, 0.5) is 0 Å². The van der Waals surface area contributed by atoms with Gasteiger partial charge < -0.3 is 23.3 Å². The van der Waals surface area contributed by atoms with Crippen molar-refractivity contribution in [3.05, 3.63) is 26.2 Å². The normalized spacial score (nSPS) is 9.12. The molecule has 0 aliphatic carbocycles. The molecule has 0 atom stereocenters. The summed E-state index contributed by atoms with van der Waals surface area (Å²) in [7, 11) is 0. The van der Waals surface area contributed by atoms with E-state index in [-0.39, 0.29) is 51.4 Å². The van der Waals surface area contributed by atoms with Crippen LogP contribution >= 0.6 is 0 Å². The molecular weight excluding hydrogens is 245 g/mol. The number of rotatable bonds is 7. The summed E-state index contributed by atoms with van der Waals surface area (Å²) < 4.78 is 12.0. The predicted octanol–water partition coefficient (Wildman–Crippen LogP) is -1.62. The summed E-state index contributed by atoms with van der Waals surface area (Å²) in [6.45, 7) is 12.1. The zero-order valence-corrected chi connectivity index (χ0v) is 14.1. The van der Waals surface area contributed by atoms with Gasteiger partial charge in [0.2, 0.25) is 0 Å². The predicted molar refractivity (Wildman–Crippen MR) is 62.7 cm³/mol. The Kier molecular flexibility index (Phi) is 19.7. The van der Waals surface area contributed by atoms with Crippen molar-refractivity contribution in [2.45, 2.75) is 19.9 Å². The zero-order valence-electron chi connectivity index (χ0n) is 11.0. The minimum absolute atomic E-state index is 0. The molecule has 1 aromatic rings. The van der Waals surface area contributed by atoms with Gasteiger partial charge in [0.25, 0.3) is 0 Å². The van der Waals surface area contributed by atoms with Crippen LogP contribution in [0.15, 0.2) is 12.4 Å². The van der Waals surface area contributed by atoms with Crippen LogP contribution in [0.3, 0.4) is 0 Å². The molecule has 0 unspecified atom stereocenters. The number of hydrogen-bond acceptors (Lipinski definition) is 4. The molecule has 1 aromatic heterocycles. The number of ether oxygens (including phenoxy) is 2. The van der Waals surface area contributed by atoms with Crippen molar-refractivity contribution in [1.82, 2.24) is 15.0 Å². The third kappa shape index (κ3) is 14.6. The Morgan fingerprint density at radius 1 is 1.18 bits per heavy atom. The van der Waals surface area contributed by atoms with Gasteiger partial charge in [0.1, 0.15) is 0 Å². The van der Waals surface area contributed by atoms with E-state index in [1.54, 1.807) is 17.1 Å². The maximum atomic E-state index is 5.27. The van der Waals surface area contributed by atoms with E-state index in [4.69, 9.17) is 9.47 Å². The Morgan fingerprint density at radius 2 is 1.82 bits per heavy atom. The summed E-state index contributed by atoms with van der Waals surface area (Å²) in [6, 6.07) is 0. The molecule has 0 N–H and O–H groups in total. The quantitative estimate of drug-likeness (QED) is 0.338. The van der Waals surface area contributed by atoms with Gasteiger partial charge in [-0.15, -0.1) is 5.10 Å². The second-order valence-electron chi connectivity index (χ2n) is 2.89. The van der Waals surface area contributed by atoms with E-state index < -0.39 is 0 Å². The molecule has 0 aliphatic heterocycles. The Labute approximate surface area is 147 Å². The van der Waals surface area contributed by atoms with Crippen LogP contribution in [-0.2, 0) is 16.0 Å². The van der Waals surface area contributed by atoms with Crippen molar-refractivity contribution in [3.8, 4) is 0 Å². The molecule has 17 heavy (non-hydrogen) atoms. The van der Waals surface area contributed by atoms with Gasteiger partial charge in [0.05, 0.1) is 32.6 Å². The molecule has 94 valence electrons. The largest absolute Gasteiger partial charge is 1.00 e. The average molecular weight is 266 g/mol. The van der Waals surface area contributed by atoms with Crippen LogP contribution in [0.25, 0.3) is 0 Å². The minimum Gasteiger partial charge on any atom is -0.411 e. The van der Waals surface area contributed by atoms with E-state index in [9.17, 15) is 0 Å². The Hall–Kier alpha value is 0.696. The molecule has 1 rings (SSSR count). The Balaban J connectivity index is 0. The first-order valence-electron chi connectivity index (χ1n) is 5.43. The van der Waals surface area contributed by atoms with Crippen LogP contribution in [0.2, 0.25) is 0 Å². The first-order chi connectivity index (χ1) is 7.85. The van der Waals surface area contributed by atoms with E-state index in [0.717, 1.165) is 13.0 Å². The van der Waals surface area contributed by atoms with E-state index in [1.807, 2.05) is 6.92 Å². The number of hydrogen-bond donors (Lipinski definition) is 0. The van der Waals surface area contributed by atoms with Crippen molar-refractivity contribution >= 4 is 0 Å². The smallest absolute Gasteiger partial charge is 0.411 e. The fraction of sp³-hybridized carbons (Fsp3) is 0.636. The van der Waals surface area contributed by atoms with Crippen LogP contribution < -0.4 is 51.4 Å². The number of aromatic nitrogens is 3. The third-order valence-electron chi connectivity index (χ3n) is 1.45. The molecule has 1 heterocycles. The zero-order chi connectivity index (χ0) is 12.1. The standard InChI is InChI=1S/C8H14N3O2.C3H7.K/c1-2-12-7-8-13-6-5-11-4-3-9-10-11;1-3-2;/h3-4H,1-2,5-8H2;1,3H2,2H3;/q2*-1;+1. The minimum atomic E-state index is 0. The van der Waals surface area contributed by atoms with Gasteiger partial charge in [0, 0.05) is 6.20 Å². The van der Waals surface area contributed by atoms with Crippen molar-refractivity contribution in [2.75, 3.05) is 26.4 Å². The van der Waals surface area contributed by atoms with E-state index >= 15 is 0 Å². The van der Waals surface area contributed by atoms with E-state index in [0.29, 0.717) is 26.4 Å². The van der Waals surface area contributed by atoms with Crippen LogP contribution in [0.1, 0.15) is 13.3 Å². The molecule has 0 saturated carbocycles. The van der Waals surface area contributed by atoms with Gasteiger partial charge in [-0.2, -0.15) is 6.42 Å². The van der Waals surface area contributed by atoms with Gasteiger partial charge in [-0.05, 0) is 0 Å². The summed E-state index contributed by atoms with van der Waals surface area (Å²) >= 11 is 0. The van der Waals surface area contributed by atoms with Crippen molar-refractivity contribution in [1.29, 1.82) is 0 Å². The fourth-order valence-electron chi connectivity index (χ4n) is 0.832. The second kappa shape index (κ2) is 16.7. The summed E-state index contributed by atoms with van der Waals surface area (Å²) in [4.78, 5) is 0. The van der Waals surface area contributed by atoms with Crippen LogP contribution in [-0.4, -0.2) is 41.4 Å².